The number of anilines is 2. The number of sulfonamides is 1. The molecular formula is C23H27N3O4S. The van der Waals surface area contributed by atoms with E-state index in [1.165, 1.54) is 6.07 Å². The minimum absolute atomic E-state index is 0.00243. The van der Waals surface area contributed by atoms with Crippen molar-refractivity contribution >= 4 is 33.2 Å². The predicted octanol–water partition coefficient (Wildman–Crippen LogP) is 2.91. The molecular weight excluding hydrogens is 414 g/mol. The summed E-state index contributed by atoms with van der Waals surface area (Å²) in [5, 5.41) is 2.82. The molecule has 2 aromatic carbocycles. The molecule has 0 saturated heterocycles. The van der Waals surface area contributed by atoms with Crippen molar-refractivity contribution < 1.29 is 18.0 Å². The Morgan fingerprint density at radius 2 is 1.87 bits per heavy atom. The first-order valence-electron chi connectivity index (χ1n) is 10.6. The van der Waals surface area contributed by atoms with Crippen LogP contribution in [0.25, 0.3) is 0 Å². The lowest BCUT2D eigenvalue weighted by Gasteiger charge is -2.17. The molecule has 2 amide bonds. The highest BCUT2D eigenvalue weighted by Gasteiger charge is 2.36. The summed E-state index contributed by atoms with van der Waals surface area (Å²) in [6.07, 6.45) is 2.56. The largest absolute Gasteiger partial charge is 0.326 e. The van der Waals surface area contributed by atoms with Gasteiger partial charge in [0.15, 0.2) is 0 Å². The Labute approximate surface area is 182 Å². The fourth-order valence-corrected chi connectivity index (χ4v) is 4.96. The molecule has 0 atom stereocenters. The molecule has 164 valence electrons. The predicted molar refractivity (Wildman–Crippen MR) is 120 cm³/mol. The molecule has 4 rings (SSSR count). The van der Waals surface area contributed by atoms with Gasteiger partial charge in [-0.1, -0.05) is 17.7 Å². The molecule has 1 saturated carbocycles. The summed E-state index contributed by atoms with van der Waals surface area (Å²) in [4.78, 5) is 26.5. The number of nitrogens with one attached hydrogen (secondary N) is 2. The second-order valence-electron chi connectivity index (χ2n) is 8.32. The zero-order valence-electron chi connectivity index (χ0n) is 17.8. The lowest BCUT2D eigenvalue weighted by atomic mass is 10.1. The molecule has 2 aromatic rings. The number of aryl methyl sites for hydroxylation is 2. The fraction of sp³-hybridized carbons (Fsp3) is 0.391. The third-order valence-electron chi connectivity index (χ3n) is 5.75. The molecule has 0 spiro atoms. The average Bonchev–Trinajstić information content (AvgIpc) is 3.48. The van der Waals surface area contributed by atoms with Crippen LogP contribution >= 0.6 is 0 Å². The van der Waals surface area contributed by atoms with Gasteiger partial charge in [0.2, 0.25) is 21.8 Å². The van der Waals surface area contributed by atoms with E-state index in [4.69, 9.17) is 0 Å². The summed E-state index contributed by atoms with van der Waals surface area (Å²) >= 11 is 0. The molecule has 0 bridgehead atoms. The number of carbonyl (C=O) groups is 2. The van der Waals surface area contributed by atoms with E-state index in [0.717, 1.165) is 40.9 Å². The van der Waals surface area contributed by atoms with E-state index in [2.05, 4.69) is 10.0 Å². The molecule has 1 aliphatic carbocycles. The summed E-state index contributed by atoms with van der Waals surface area (Å²) in [6, 6.07) is 10.6. The number of fused-ring (bicyclic) bond motifs is 1. The smallest absolute Gasteiger partial charge is 0.240 e. The zero-order valence-corrected chi connectivity index (χ0v) is 18.6. The van der Waals surface area contributed by atoms with Gasteiger partial charge in [0.1, 0.15) is 0 Å². The van der Waals surface area contributed by atoms with Crippen molar-refractivity contribution in [2.75, 3.05) is 23.3 Å². The first-order valence-corrected chi connectivity index (χ1v) is 12.0. The fourth-order valence-electron chi connectivity index (χ4n) is 3.87. The zero-order chi connectivity index (χ0) is 22.2. The Kier molecular flexibility index (Phi) is 5.85. The number of hydrogen-bond donors (Lipinski definition) is 2. The maximum absolute atomic E-state index is 12.7. The molecule has 2 aliphatic rings. The van der Waals surface area contributed by atoms with Gasteiger partial charge in [-0.3, -0.25) is 9.59 Å². The molecule has 7 nitrogen and oxygen atoms in total. The van der Waals surface area contributed by atoms with Gasteiger partial charge in [0.25, 0.3) is 0 Å². The van der Waals surface area contributed by atoms with Crippen molar-refractivity contribution in [2.45, 2.75) is 44.4 Å². The third-order valence-corrected chi connectivity index (χ3v) is 7.21. The normalized spacial score (nSPS) is 15.6. The number of amides is 2. The summed E-state index contributed by atoms with van der Waals surface area (Å²) in [7, 11) is -3.74. The summed E-state index contributed by atoms with van der Waals surface area (Å²) < 4.78 is 27.8. The summed E-state index contributed by atoms with van der Waals surface area (Å²) in [5.41, 5.74) is 4.47. The molecule has 1 fully saturated rings. The topological polar surface area (TPSA) is 95.6 Å². The number of nitrogens with zero attached hydrogens (tertiary/aromatic N) is 1. The van der Waals surface area contributed by atoms with Crippen molar-refractivity contribution in [2.24, 2.45) is 5.92 Å². The van der Waals surface area contributed by atoms with Crippen LogP contribution in [0.3, 0.4) is 0 Å². The second-order valence-corrected chi connectivity index (χ2v) is 10.1. The first-order chi connectivity index (χ1) is 14.7. The third kappa shape index (κ3) is 4.80. The van der Waals surface area contributed by atoms with E-state index in [0.29, 0.717) is 13.0 Å². The molecule has 0 unspecified atom stereocenters. The number of benzene rings is 2. The Bertz CT molecular complexity index is 1140. The molecule has 0 radical (unpaired) electrons. The number of rotatable bonds is 7. The molecule has 1 aliphatic heterocycles. The van der Waals surface area contributed by atoms with Crippen molar-refractivity contribution in [3.05, 3.63) is 53.1 Å². The Morgan fingerprint density at radius 1 is 1.10 bits per heavy atom. The monoisotopic (exact) mass is 441 g/mol. The van der Waals surface area contributed by atoms with E-state index < -0.39 is 10.0 Å². The van der Waals surface area contributed by atoms with Crippen LogP contribution in [0.15, 0.2) is 41.3 Å². The Hall–Kier alpha value is -2.71. The van der Waals surface area contributed by atoms with Gasteiger partial charge in [-0.05, 0) is 68.5 Å². The van der Waals surface area contributed by atoms with Crippen LogP contribution in [-0.2, 0) is 26.0 Å². The van der Waals surface area contributed by atoms with Crippen molar-refractivity contribution in [3.63, 3.8) is 0 Å². The van der Waals surface area contributed by atoms with E-state index in [1.54, 1.807) is 17.0 Å². The highest BCUT2D eigenvalue weighted by molar-refractivity contribution is 7.89. The summed E-state index contributed by atoms with van der Waals surface area (Å²) in [5.74, 6) is 0.0195. The quantitative estimate of drug-likeness (QED) is 0.691. The standard InChI is InChI=1S/C23H27N3O4S/c1-15-3-7-20(16(2)13-15)25-22(27)9-11-24-31(29,30)19-6-8-21-18(14-19)10-12-26(21)23(28)17-4-5-17/h3,6-8,13-14,17,24H,4-5,9-12H2,1-2H3,(H,25,27). The van der Waals surface area contributed by atoms with Crippen LogP contribution in [0, 0.1) is 19.8 Å². The number of carbonyl (C=O) groups excluding carboxylic acids is 2. The Balaban J connectivity index is 1.35. The van der Waals surface area contributed by atoms with Gasteiger partial charge in [-0.2, -0.15) is 0 Å². The van der Waals surface area contributed by atoms with Crippen molar-refractivity contribution in [1.29, 1.82) is 0 Å². The number of hydrogen-bond acceptors (Lipinski definition) is 4. The molecule has 0 aromatic heterocycles. The van der Waals surface area contributed by atoms with E-state index in [-0.39, 0.29) is 35.6 Å². The van der Waals surface area contributed by atoms with Gasteiger partial charge < -0.3 is 10.2 Å². The van der Waals surface area contributed by atoms with Crippen molar-refractivity contribution in [3.8, 4) is 0 Å². The minimum Gasteiger partial charge on any atom is -0.326 e. The molecule has 1 heterocycles. The van der Waals surface area contributed by atoms with Gasteiger partial charge in [0, 0.05) is 36.8 Å². The van der Waals surface area contributed by atoms with Crippen LogP contribution < -0.4 is 14.9 Å². The molecule has 2 N–H and O–H groups in total. The summed E-state index contributed by atoms with van der Waals surface area (Å²) in [6.45, 7) is 4.50. The van der Waals surface area contributed by atoms with Gasteiger partial charge in [-0.15, -0.1) is 0 Å². The van der Waals surface area contributed by atoms with Crippen LogP contribution in [0.2, 0.25) is 0 Å². The lowest BCUT2D eigenvalue weighted by molar-refractivity contribution is -0.119. The molecule has 8 heteroatoms. The van der Waals surface area contributed by atoms with Crippen LogP contribution in [-0.4, -0.2) is 33.3 Å². The minimum atomic E-state index is -3.74. The molecule has 31 heavy (non-hydrogen) atoms. The average molecular weight is 442 g/mol. The first kappa shape index (κ1) is 21.5. The SMILES string of the molecule is Cc1ccc(NC(=O)CCNS(=O)(=O)c2ccc3c(c2)CCN3C(=O)C2CC2)c(C)c1. The second kappa shape index (κ2) is 8.43. The Morgan fingerprint density at radius 3 is 2.58 bits per heavy atom. The van der Waals surface area contributed by atoms with Crippen LogP contribution in [0.1, 0.15) is 36.0 Å². The van der Waals surface area contributed by atoms with Crippen LogP contribution in [0.5, 0.6) is 0 Å². The van der Waals surface area contributed by atoms with Crippen molar-refractivity contribution in [1.82, 2.24) is 4.72 Å². The van der Waals surface area contributed by atoms with Gasteiger partial charge in [-0.25, -0.2) is 13.1 Å². The highest BCUT2D eigenvalue weighted by atomic mass is 32.2. The van der Waals surface area contributed by atoms with Gasteiger partial charge in [0.05, 0.1) is 4.90 Å². The maximum atomic E-state index is 12.7. The maximum Gasteiger partial charge on any atom is 0.240 e. The van der Waals surface area contributed by atoms with Crippen LogP contribution in [0.4, 0.5) is 11.4 Å². The van der Waals surface area contributed by atoms with Gasteiger partial charge >= 0.3 is 0 Å². The van der Waals surface area contributed by atoms with E-state index in [1.807, 2.05) is 32.0 Å². The lowest BCUT2D eigenvalue weighted by Crippen LogP contribution is -2.30. The highest BCUT2D eigenvalue weighted by Crippen LogP contribution is 2.37. The van der Waals surface area contributed by atoms with E-state index >= 15 is 0 Å². The van der Waals surface area contributed by atoms with E-state index in [9.17, 15) is 18.0 Å².